The predicted octanol–water partition coefficient (Wildman–Crippen LogP) is 3.35. The van der Waals surface area contributed by atoms with E-state index in [2.05, 4.69) is 53.8 Å². The van der Waals surface area contributed by atoms with Gasteiger partial charge in [-0.05, 0) is 23.5 Å². The summed E-state index contributed by atoms with van der Waals surface area (Å²) in [7, 11) is 0. The van der Waals surface area contributed by atoms with Gasteiger partial charge in [-0.2, -0.15) is 0 Å². The molecule has 1 aliphatic rings. The van der Waals surface area contributed by atoms with Crippen molar-refractivity contribution in [3.05, 3.63) is 35.4 Å². The maximum atomic E-state index is 2.55. The van der Waals surface area contributed by atoms with Gasteiger partial charge in [0.15, 0.2) is 0 Å². The van der Waals surface area contributed by atoms with Crippen LogP contribution < -0.4 is 0 Å². The zero-order valence-corrected chi connectivity index (χ0v) is 8.71. The molecule has 2 rings (SSSR count). The molecule has 0 fully saturated rings. The summed E-state index contributed by atoms with van der Waals surface area (Å²) in [5, 5.41) is 0. The summed E-state index contributed by atoms with van der Waals surface area (Å²) >= 11 is 2.55. The first-order valence-corrected chi connectivity index (χ1v) is 5.25. The van der Waals surface area contributed by atoms with Crippen LogP contribution in [0.4, 0.5) is 0 Å². The molecule has 0 radical (unpaired) electrons. The lowest BCUT2D eigenvalue weighted by molar-refractivity contribution is 0.631. The highest BCUT2D eigenvalue weighted by Gasteiger charge is 2.25. The number of rotatable bonds is 0. The second kappa shape index (κ2) is 2.77. The number of benzene rings is 1. The summed E-state index contributed by atoms with van der Waals surface area (Å²) in [5.74, 6) is 0.827. The highest BCUT2D eigenvalue weighted by molar-refractivity contribution is 14.1. The van der Waals surface area contributed by atoms with Gasteiger partial charge in [0.25, 0.3) is 0 Å². The van der Waals surface area contributed by atoms with E-state index in [0.717, 1.165) is 9.84 Å². The molecule has 0 amide bonds. The monoisotopic (exact) mass is 258 g/mol. The molecule has 58 valence electrons. The van der Waals surface area contributed by atoms with Crippen molar-refractivity contribution in [2.45, 2.75) is 17.3 Å². The molecule has 0 saturated carbocycles. The van der Waals surface area contributed by atoms with Crippen molar-refractivity contribution < 1.29 is 0 Å². The van der Waals surface area contributed by atoms with E-state index in [-0.39, 0.29) is 0 Å². The maximum absolute atomic E-state index is 2.55. The van der Waals surface area contributed by atoms with Gasteiger partial charge >= 0.3 is 0 Å². The second-order valence-corrected chi connectivity index (χ2v) is 4.62. The largest absolute Gasteiger partial charge is 0.0771 e. The van der Waals surface area contributed by atoms with Crippen LogP contribution in [0.5, 0.6) is 0 Å². The van der Waals surface area contributed by atoms with Gasteiger partial charge in [-0.3, -0.25) is 0 Å². The zero-order valence-electron chi connectivity index (χ0n) is 6.55. The third-order valence-corrected chi connectivity index (χ3v) is 4.29. The molecule has 0 heterocycles. The van der Waals surface area contributed by atoms with E-state index in [1.807, 2.05) is 0 Å². The van der Waals surface area contributed by atoms with Gasteiger partial charge < -0.3 is 0 Å². The summed E-state index contributed by atoms with van der Waals surface area (Å²) in [4.78, 5) is 0. The topological polar surface area (TPSA) is 0 Å². The minimum Gasteiger partial charge on any atom is -0.0771 e. The molecule has 1 aromatic rings. The molecule has 0 aromatic heterocycles. The summed E-state index contributed by atoms with van der Waals surface area (Å²) < 4.78 is 0.740. The average molecular weight is 258 g/mol. The van der Waals surface area contributed by atoms with E-state index in [1.165, 1.54) is 6.42 Å². The lowest BCUT2D eigenvalue weighted by Crippen LogP contribution is -1.93. The average Bonchev–Trinajstić information content (AvgIpc) is 2.30. The third-order valence-electron chi connectivity index (χ3n) is 2.39. The van der Waals surface area contributed by atoms with Gasteiger partial charge in [0.2, 0.25) is 0 Å². The van der Waals surface area contributed by atoms with Gasteiger partial charge in [0.05, 0.1) is 0 Å². The first-order valence-electron chi connectivity index (χ1n) is 4.01. The minimum absolute atomic E-state index is 0.740. The Morgan fingerprint density at radius 2 is 2.09 bits per heavy atom. The molecule has 2 atom stereocenters. The van der Waals surface area contributed by atoms with Gasteiger partial charge in [-0.1, -0.05) is 53.8 Å². The fourth-order valence-electron chi connectivity index (χ4n) is 1.75. The van der Waals surface area contributed by atoms with Gasteiger partial charge in [0, 0.05) is 3.92 Å². The Balaban J connectivity index is 2.47. The smallest absolute Gasteiger partial charge is 0.0391 e. The lowest BCUT2D eigenvalue weighted by Gasteiger charge is -2.06. The Morgan fingerprint density at radius 3 is 2.82 bits per heavy atom. The van der Waals surface area contributed by atoms with Crippen LogP contribution in [0, 0.1) is 5.92 Å². The Hall–Kier alpha value is -0.0500. The Labute approximate surface area is 81.1 Å². The molecule has 0 aliphatic heterocycles. The summed E-state index contributed by atoms with van der Waals surface area (Å²) in [6.45, 7) is 2.33. The minimum atomic E-state index is 0.740. The van der Waals surface area contributed by atoms with Gasteiger partial charge in [-0.15, -0.1) is 0 Å². The second-order valence-electron chi connectivity index (χ2n) is 3.28. The van der Waals surface area contributed by atoms with E-state index in [9.17, 15) is 0 Å². The molecule has 0 nitrogen and oxygen atoms in total. The summed E-state index contributed by atoms with van der Waals surface area (Å²) in [5.41, 5.74) is 3.11. The molecular formula is C10H11I. The Morgan fingerprint density at radius 1 is 1.36 bits per heavy atom. The number of fused-ring (bicyclic) bond motifs is 1. The fraction of sp³-hybridized carbons (Fsp3) is 0.400. The first-order chi connectivity index (χ1) is 5.29. The SMILES string of the molecule is CC1Cc2ccccc2C1I. The van der Waals surface area contributed by atoms with Crippen LogP contribution in [-0.2, 0) is 6.42 Å². The Bertz CT molecular complexity index is 267. The number of hydrogen-bond acceptors (Lipinski definition) is 0. The van der Waals surface area contributed by atoms with E-state index < -0.39 is 0 Å². The van der Waals surface area contributed by atoms with E-state index in [0.29, 0.717) is 0 Å². The summed E-state index contributed by atoms with van der Waals surface area (Å²) in [6.07, 6.45) is 1.27. The molecule has 0 saturated heterocycles. The van der Waals surface area contributed by atoms with E-state index in [1.54, 1.807) is 11.1 Å². The van der Waals surface area contributed by atoms with Crippen molar-refractivity contribution in [1.82, 2.24) is 0 Å². The van der Waals surface area contributed by atoms with Crippen LogP contribution in [0.25, 0.3) is 0 Å². The molecule has 2 unspecified atom stereocenters. The Kier molecular flexibility index (Phi) is 1.91. The van der Waals surface area contributed by atoms with Crippen molar-refractivity contribution in [2.75, 3.05) is 0 Å². The highest BCUT2D eigenvalue weighted by atomic mass is 127. The predicted molar refractivity (Wildman–Crippen MR) is 56.1 cm³/mol. The normalized spacial score (nSPS) is 28.5. The van der Waals surface area contributed by atoms with Crippen molar-refractivity contribution in [3.8, 4) is 0 Å². The molecule has 0 N–H and O–H groups in total. The van der Waals surface area contributed by atoms with Crippen LogP contribution in [-0.4, -0.2) is 0 Å². The lowest BCUT2D eigenvalue weighted by atomic mass is 10.1. The standard InChI is InChI=1S/C10H11I/c1-7-6-8-4-2-3-5-9(8)10(7)11/h2-5,7,10H,6H2,1H3. The fourth-order valence-corrected chi connectivity index (χ4v) is 2.61. The maximum Gasteiger partial charge on any atom is 0.0391 e. The number of hydrogen-bond donors (Lipinski definition) is 0. The molecule has 1 heteroatoms. The third kappa shape index (κ3) is 1.19. The molecule has 11 heavy (non-hydrogen) atoms. The van der Waals surface area contributed by atoms with E-state index in [4.69, 9.17) is 0 Å². The number of alkyl halides is 1. The van der Waals surface area contributed by atoms with Crippen molar-refractivity contribution in [3.63, 3.8) is 0 Å². The van der Waals surface area contributed by atoms with Crippen molar-refractivity contribution in [1.29, 1.82) is 0 Å². The molecule has 1 aromatic carbocycles. The highest BCUT2D eigenvalue weighted by Crippen LogP contribution is 2.41. The molecule has 0 spiro atoms. The quantitative estimate of drug-likeness (QED) is 0.494. The van der Waals surface area contributed by atoms with Crippen LogP contribution in [0.3, 0.4) is 0 Å². The van der Waals surface area contributed by atoms with Crippen LogP contribution in [0.15, 0.2) is 24.3 Å². The molecule has 1 aliphatic carbocycles. The van der Waals surface area contributed by atoms with Crippen molar-refractivity contribution >= 4 is 22.6 Å². The summed E-state index contributed by atoms with van der Waals surface area (Å²) in [6, 6.07) is 8.79. The molecular weight excluding hydrogens is 247 g/mol. The first kappa shape index (κ1) is 7.59. The van der Waals surface area contributed by atoms with E-state index >= 15 is 0 Å². The zero-order chi connectivity index (χ0) is 7.84. The van der Waals surface area contributed by atoms with Gasteiger partial charge in [-0.25, -0.2) is 0 Å². The van der Waals surface area contributed by atoms with Crippen LogP contribution >= 0.6 is 22.6 Å². The van der Waals surface area contributed by atoms with Crippen molar-refractivity contribution in [2.24, 2.45) is 5.92 Å². The number of halogens is 1. The van der Waals surface area contributed by atoms with Crippen LogP contribution in [0.2, 0.25) is 0 Å². The molecule has 0 bridgehead atoms. The van der Waals surface area contributed by atoms with Gasteiger partial charge in [0.1, 0.15) is 0 Å². The van der Waals surface area contributed by atoms with Crippen LogP contribution in [0.1, 0.15) is 22.0 Å².